The highest BCUT2D eigenvalue weighted by Crippen LogP contribution is 2.31. The first-order valence-electron chi connectivity index (χ1n) is 9.46. The zero-order valence-electron chi connectivity index (χ0n) is 16.4. The van der Waals surface area contributed by atoms with E-state index in [0.717, 1.165) is 29.6 Å². The molecule has 0 radical (unpaired) electrons. The van der Waals surface area contributed by atoms with E-state index in [1.54, 1.807) is 41.9 Å². The highest BCUT2D eigenvalue weighted by Gasteiger charge is 2.23. The first-order chi connectivity index (χ1) is 14.5. The lowest BCUT2D eigenvalue weighted by molar-refractivity contribution is 0.0471. The van der Waals surface area contributed by atoms with Gasteiger partial charge in [-0.2, -0.15) is 22.2 Å². The largest absolute Gasteiger partial charge is 0.436 e. The Bertz CT molecular complexity index is 926. The average molecular weight is 450 g/mol. The van der Waals surface area contributed by atoms with E-state index in [1.807, 2.05) is 0 Å². The molecule has 8 nitrogen and oxygen atoms in total. The van der Waals surface area contributed by atoms with E-state index in [-0.39, 0.29) is 22.8 Å². The lowest BCUT2D eigenvalue weighted by atomic mass is 10.1. The van der Waals surface area contributed by atoms with Crippen molar-refractivity contribution in [3.63, 3.8) is 0 Å². The third-order valence-corrected chi connectivity index (χ3v) is 7.53. The van der Waals surface area contributed by atoms with Crippen LogP contribution in [0.5, 0.6) is 0 Å². The molecule has 160 valence electrons. The van der Waals surface area contributed by atoms with Crippen LogP contribution in [0, 0.1) is 0 Å². The fraction of sp³-hybridized carbons (Fsp3) is 0.300. The van der Waals surface area contributed by atoms with Crippen molar-refractivity contribution >= 4 is 45.3 Å². The number of hydrogen-bond donors (Lipinski definition) is 3. The molecular weight excluding hydrogens is 426 g/mol. The van der Waals surface area contributed by atoms with Crippen LogP contribution >= 0.6 is 22.2 Å². The van der Waals surface area contributed by atoms with E-state index in [2.05, 4.69) is 10.7 Å². The maximum Gasteiger partial charge on any atom is 0.436 e. The normalized spacial score (nSPS) is 14.6. The highest BCUT2D eigenvalue weighted by molar-refractivity contribution is 8.30. The van der Waals surface area contributed by atoms with E-state index < -0.39 is 28.9 Å². The van der Waals surface area contributed by atoms with Crippen LogP contribution in [-0.4, -0.2) is 59.2 Å². The van der Waals surface area contributed by atoms with Crippen LogP contribution in [0.3, 0.4) is 0 Å². The Morgan fingerprint density at radius 2 is 1.87 bits per heavy atom. The van der Waals surface area contributed by atoms with Crippen molar-refractivity contribution in [1.29, 1.82) is 0 Å². The number of carbonyl (C=O) groups is 4. The molecule has 30 heavy (non-hydrogen) atoms. The molecule has 2 N–H and O–H groups in total. The number of rotatable bonds is 4. The molecule has 0 atom stereocenters. The minimum absolute atomic E-state index is 0.0780. The second kappa shape index (κ2) is 10.4. The molecule has 10 heteroatoms. The van der Waals surface area contributed by atoms with Crippen molar-refractivity contribution in [3.05, 3.63) is 57.8 Å². The Kier molecular flexibility index (Phi) is 7.61. The molecule has 0 unspecified atom stereocenters. The van der Waals surface area contributed by atoms with E-state index in [0.29, 0.717) is 5.56 Å². The maximum atomic E-state index is 12.7. The van der Waals surface area contributed by atoms with Crippen molar-refractivity contribution < 1.29 is 23.9 Å². The molecule has 0 saturated carbocycles. The van der Waals surface area contributed by atoms with Gasteiger partial charge in [0.1, 0.15) is 0 Å². The number of ether oxygens (including phenoxy) is 1. The molecule has 3 rings (SSSR count). The fourth-order valence-corrected chi connectivity index (χ4v) is 5.47. The summed E-state index contributed by atoms with van der Waals surface area (Å²) in [5, 5.41) is 7.49. The van der Waals surface area contributed by atoms with Crippen LogP contribution < -0.4 is 10.7 Å². The lowest BCUT2D eigenvalue weighted by Crippen LogP contribution is -2.46. The third-order valence-electron chi connectivity index (χ3n) is 4.49. The van der Waals surface area contributed by atoms with E-state index in [4.69, 9.17) is 4.74 Å². The molecule has 2 amide bonds. The molecular formula is C20H23N3O5S2. The smallest absolute Gasteiger partial charge is 0.371 e. The van der Waals surface area contributed by atoms with E-state index in [9.17, 15) is 19.2 Å². The summed E-state index contributed by atoms with van der Waals surface area (Å²) in [6, 6.07) is 8.00. The molecule has 1 saturated heterocycles. The molecule has 1 aliphatic rings. The standard InChI is InChI=1S/C20H23N3O5S2/c1-2-23(20(27)28-18(25)16-6-9-29-13-16)22-17(24)14-4-3-5-15(12-14)19(26)30-10-7-21-8-11-30/h3-6,9,12-13,21,30H,2,7-8,10-11H2,1H3,(H,22,24). The van der Waals surface area contributed by atoms with Crippen LogP contribution in [0.1, 0.15) is 38.0 Å². The Balaban J connectivity index is 1.64. The molecule has 2 aromatic rings. The van der Waals surface area contributed by atoms with E-state index in [1.165, 1.54) is 17.4 Å². The minimum Gasteiger partial charge on any atom is -0.371 e. The predicted octanol–water partition coefficient (Wildman–Crippen LogP) is 2.44. The molecule has 1 aromatic carbocycles. The van der Waals surface area contributed by atoms with Gasteiger partial charge in [0.2, 0.25) is 0 Å². The molecule has 0 spiro atoms. The van der Waals surface area contributed by atoms with Gasteiger partial charge in [-0.3, -0.25) is 15.0 Å². The predicted molar refractivity (Wildman–Crippen MR) is 117 cm³/mol. The number of nitrogens with zero attached hydrogens (tertiary/aromatic N) is 1. The summed E-state index contributed by atoms with van der Waals surface area (Å²) in [5.41, 5.74) is 3.44. The number of benzene rings is 1. The average Bonchev–Trinajstić information content (AvgIpc) is 3.32. The molecule has 0 aliphatic carbocycles. The maximum absolute atomic E-state index is 12.7. The topological polar surface area (TPSA) is 105 Å². The van der Waals surface area contributed by atoms with E-state index >= 15 is 0 Å². The summed E-state index contributed by atoms with van der Waals surface area (Å²) < 4.78 is 4.81. The Hall–Kier alpha value is -2.69. The molecule has 0 bridgehead atoms. The van der Waals surface area contributed by atoms with Crippen LogP contribution in [-0.2, 0) is 4.74 Å². The van der Waals surface area contributed by atoms with Crippen molar-refractivity contribution in [2.24, 2.45) is 0 Å². The van der Waals surface area contributed by atoms with Crippen molar-refractivity contribution in [2.75, 3.05) is 31.1 Å². The van der Waals surface area contributed by atoms with Gasteiger partial charge in [-0.1, -0.05) is 12.1 Å². The molecule has 1 aromatic heterocycles. The highest BCUT2D eigenvalue weighted by atomic mass is 32.2. The Morgan fingerprint density at radius 1 is 1.13 bits per heavy atom. The van der Waals surface area contributed by atoms with Gasteiger partial charge < -0.3 is 10.1 Å². The minimum atomic E-state index is -0.979. The quantitative estimate of drug-likeness (QED) is 0.287. The summed E-state index contributed by atoms with van der Waals surface area (Å²) in [6.45, 7) is 3.39. The Morgan fingerprint density at radius 3 is 2.53 bits per heavy atom. The first kappa shape index (κ1) is 22.0. The number of carbonyl (C=O) groups excluding carboxylic acids is 4. The number of amides is 2. The number of esters is 1. The number of thiophene rings is 1. The second-order valence-electron chi connectivity index (χ2n) is 6.48. The number of hydrogen-bond acceptors (Lipinski definition) is 7. The molecule has 2 heterocycles. The van der Waals surface area contributed by atoms with Crippen molar-refractivity contribution in [1.82, 2.24) is 15.8 Å². The van der Waals surface area contributed by atoms with Crippen LogP contribution in [0.25, 0.3) is 0 Å². The van der Waals surface area contributed by atoms with Gasteiger partial charge >= 0.3 is 12.1 Å². The summed E-state index contributed by atoms with van der Waals surface area (Å²) in [4.78, 5) is 49.6. The number of nitrogens with one attached hydrogen (secondary N) is 2. The summed E-state index contributed by atoms with van der Waals surface area (Å²) in [7, 11) is -0.753. The van der Waals surface area contributed by atoms with Gasteiger partial charge in [-0.25, -0.2) is 14.6 Å². The first-order valence-corrected chi connectivity index (χ1v) is 12.1. The fourth-order valence-electron chi connectivity index (χ4n) is 2.86. The van der Waals surface area contributed by atoms with Gasteiger partial charge in [0.25, 0.3) is 5.91 Å². The summed E-state index contributed by atoms with van der Waals surface area (Å²) in [6.07, 6.45) is -0.979. The van der Waals surface area contributed by atoms with Gasteiger partial charge in [0.15, 0.2) is 5.12 Å². The monoisotopic (exact) mass is 449 g/mol. The van der Waals surface area contributed by atoms with Gasteiger partial charge in [-0.15, -0.1) is 0 Å². The van der Waals surface area contributed by atoms with Crippen molar-refractivity contribution in [3.8, 4) is 0 Å². The van der Waals surface area contributed by atoms with Gasteiger partial charge in [0, 0.05) is 36.1 Å². The zero-order chi connectivity index (χ0) is 21.5. The molecule has 1 fully saturated rings. The summed E-state index contributed by atoms with van der Waals surface area (Å²) in [5.74, 6) is 0.312. The second-order valence-corrected chi connectivity index (χ2v) is 9.64. The third kappa shape index (κ3) is 5.47. The Labute approximate surface area is 180 Å². The van der Waals surface area contributed by atoms with Gasteiger partial charge in [0.05, 0.1) is 5.56 Å². The summed E-state index contributed by atoms with van der Waals surface area (Å²) >= 11 is 1.31. The molecule has 1 aliphatic heterocycles. The number of hydrazine groups is 1. The van der Waals surface area contributed by atoms with Gasteiger partial charge in [-0.05, 0) is 42.0 Å². The zero-order valence-corrected chi connectivity index (χ0v) is 18.1. The number of thiol groups is 1. The van der Waals surface area contributed by atoms with Crippen molar-refractivity contribution in [2.45, 2.75) is 6.92 Å². The van der Waals surface area contributed by atoms with Crippen LogP contribution in [0.15, 0.2) is 41.1 Å². The lowest BCUT2D eigenvalue weighted by Gasteiger charge is -2.25. The van der Waals surface area contributed by atoms with Crippen LogP contribution in [0.4, 0.5) is 4.79 Å². The SMILES string of the molecule is CCN(NC(=O)c1cccc(C(=O)[SH]2CCNCC2)c1)C(=O)OC(=O)c1ccsc1. The van der Waals surface area contributed by atoms with Crippen LogP contribution in [0.2, 0.25) is 0 Å².